The van der Waals surface area contributed by atoms with Gasteiger partial charge in [0.25, 0.3) is 0 Å². The van der Waals surface area contributed by atoms with Crippen molar-refractivity contribution in [2.24, 2.45) is 11.8 Å². The van der Waals surface area contributed by atoms with Gasteiger partial charge >= 0.3 is 11.9 Å². The first-order valence-electron chi connectivity index (χ1n) is 5.77. The fourth-order valence-electron chi connectivity index (χ4n) is 1.94. The SMILES string of the molecule is COC(=O)c1ccccc1NCC1CC1C(=O)O. The highest BCUT2D eigenvalue weighted by Crippen LogP contribution is 2.38. The number of methoxy groups -OCH3 is 1. The number of nitrogens with one attached hydrogen (secondary N) is 1. The normalized spacial score (nSPS) is 21.2. The third-order valence-electron chi connectivity index (χ3n) is 3.13. The molecule has 1 saturated carbocycles. The first-order chi connectivity index (χ1) is 8.63. The Balaban J connectivity index is 1.98. The van der Waals surface area contributed by atoms with Crippen molar-refractivity contribution < 1.29 is 19.4 Å². The van der Waals surface area contributed by atoms with Crippen molar-refractivity contribution in [1.29, 1.82) is 0 Å². The van der Waals surface area contributed by atoms with E-state index in [1.807, 2.05) is 6.07 Å². The van der Waals surface area contributed by atoms with Gasteiger partial charge in [0.2, 0.25) is 0 Å². The number of para-hydroxylation sites is 1. The second kappa shape index (κ2) is 5.08. The quantitative estimate of drug-likeness (QED) is 0.775. The second-order valence-corrected chi connectivity index (χ2v) is 4.36. The van der Waals surface area contributed by atoms with Gasteiger partial charge in [0.15, 0.2) is 0 Å². The molecule has 2 atom stereocenters. The maximum atomic E-state index is 11.5. The number of carbonyl (C=O) groups is 2. The maximum Gasteiger partial charge on any atom is 0.339 e. The topological polar surface area (TPSA) is 75.6 Å². The Bertz CT molecular complexity index is 472. The Morgan fingerprint density at radius 2 is 2.17 bits per heavy atom. The molecule has 1 fully saturated rings. The van der Waals surface area contributed by atoms with Crippen molar-refractivity contribution >= 4 is 17.6 Å². The molecular weight excluding hydrogens is 234 g/mol. The number of hydrogen-bond acceptors (Lipinski definition) is 4. The van der Waals surface area contributed by atoms with E-state index in [1.165, 1.54) is 7.11 Å². The lowest BCUT2D eigenvalue weighted by molar-refractivity contribution is -0.138. The molecule has 0 aromatic heterocycles. The third kappa shape index (κ3) is 2.61. The molecule has 0 bridgehead atoms. The highest BCUT2D eigenvalue weighted by Gasteiger charge is 2.42. The minimum atomic E-state index is -0.747. The molecule has 96 valence electrons. The summed E-state index contributed by atoms with van der Waals surface area (Å²) in [5.74, 6) is -1.25. The van der Waals surface area contributed by atoms with Gasteiger partial charge in [-0.15, -0.1) is 0 Å². The summed E-state index contributed by atoms with van der Waals surface area (Å²) < 4.78 is 4.69. The van der Waals surface area contributed by atoms with Crippen molar-refractivity contribution in [2.75, 3.05) is 19.0 Å². The number of carboxylic acids is 1. The van der Waals surface area contributed by atoms with Crippen LogP contribution in [0.15, 0.2) is 24.3 Å². The zero-order valence-electron chi connectivity index (χ0n) is 10.1. The standard InChI is InChI=1S/C13H15NO4/c1-18-13(17)9-4-2-3-5-11(9)14-7-8-6-10(8)12(15)16/h2-5,8,10,14H,6-7H2,1H3,(H,15,16). The smallest absolute Gasteiger partial charge is 0.339 e. The number of ether oxygens (including phenoxy) is 1. The van der Waals surface area contributed by atoms with Crippen molar-refractivity contribution in [3.05, 3.63) is 29.8 Å². The third-order valence-corrected chi connectivity index (χ3v) is 3.13. The molecule has 5 heteroatoms. The molecule has 2 unspecified atom stereocenters. The summed E-state index contributed by atoms with van der Waals surface area (Å²) in [4.78, 5) is 22.2. The van der Waals surface area contributed by atoms with Crippen LogP contribution in [0.3, 0.4) is 0 Å². The van der Waals surface area contributed by atoms with Gasteiger partial charge in [0.05, 0.1) is 18.6 Å². The number of anilines is 1. The predicted octanol–water partition coefficient (Wildman–Crippen LogP) is 1.61. The van der Waals surface area contributed by atoms with Gasteiger partial charge in [-0.2, -0.15) is 0 Å². The molecule has 0 heterocycles. The number of carbonyl (C=O) groups excluding carboxylic acids is 1. The lowest BCUT2D eigenvalue weighted by atomic mass is 10.1. The van der Waals surface area contributed by atoms with E-state index >= 15 is 0 Å². The fraction of sp³-hybridized carbons (Fsp3) is 0.385. The van der Waals surface area contributed by atoms with E-state index in [9.17, 15) is 9.59 Å². The van der Waals surface area contributed by atoms with Gasteiger partial charge in [-0.05, 0) is 24.5 Å². The first kappa shape index (κ1) is 12.4. The van der Waals surface area contributed by atoms with Crippen molar-refractivity contribution in [3.8, 4) is 0 Å². The molecule has 0 aliphatic heterocycles. The first-order valence-corrected chi connectivity index (χ1v) is 5.77. The van der Waals surface area contributed by atoms with Crippen LogP contribution < -0.4 is 5.32 Å². The molecule has 0 spiro atoms. The molecule has 0 radical (unpaired) electrons. The van der Waals surface area contributed by atoms with Gasteiger partial charge in [0, 0.05) is 12.2 Å². The minimum absolute atomic E-state index is 0.146. The Kier molecular flexibility index (Phi) is 3.50. The Hall–Kier alpha value is -2.04. The Labute approximate surface area is 105 Å². The van der Waals surface area contributed by atoms with Crippen LogP contribution in [0.25, 0.3) is 0 Å². The molecular formula is C13H15NO4. The molecule has 0 saturated heterocycles. The van der Waals surface area contributed by atoms with Crippen molar-refractivity contribution in [2.45, 2.75) is 6.42 Å². The van der Waals surface area contributed by atoms with Crippen molar-refractivity contribution in [1.82, 2.24) is 0 Å². The summed E-state index contributed by atoms with van der Waals surface area (Å²) in [7, 11) is 1.33. The lowest BCUT2D eigenvalue weighted by Crippen LogP contribution is -2.12. The van der Waals surface area contributed by atoms with E-state index in [2.05, 4.69) is 10.1 Å². The highest BCUT2D eigenvalue weighted by atomic mass is 16.5. The molecule has 18 heavy (non-hydrogen) atoms. The van der Waals surface area contributed by atoms with Crippen LogP contribution in [0.4, 0.5) is 5.69 Å². The van der Waals surface area contributed by atoms with E-state index in [4.69, 9.17) is 5.11 Å². The summed E-state index contributed by atoms with van der Waals surface area (Å²) in [6.45, 7) is 0.560. The second-order valence-electron chi connectivity index (χ2n) is 4.36. The average molecular weight is 249 g/mol. The molecule has 1 aromatic rings. The van der Waals surface area contributed by atoms with Gasteiger partial charge < -0.3 is 15.2 Å². The van der Waals surface area contributed by atoms with Crippen molar-refractivity contribution in [3.63, 3.8) is 0 Å². The average Bonchev–Trinajstić information content (AvgIpc) is 3.15. The lowest BCUT2D eigenvalue weighted by Gasteiger charge is -2.09. The number of hydrogen-bond donors (Lipinski definition) is 2. The van der Waals surface area contributed by atoms with E-state index < -0.39 is 11.9 Å². The molecule has 0 amide bonds. The van der Waals surface area contributed by atoms with E-state index in [0.29, 0.717) is 24.2 Å². The molecule has 2 N–H and O–H groups in total. The van der Waals surface area contributed by atoms with Crippen LogP contribution in [-0.4, -0.2) is 30.7 Å². The van der Waals surface area contributed by atoms with Crippen LogP contribution in [0.5, 0.6) is 0 Å². The molecule has 1 aromatic carbocycles. The summed E-state index contributed by atoms with van der Waals surface area (Å²) in [6.07, 6.45) is 0.697. The van der Waals surface area contributed by atoms with Gasteiger partial charge in [-0.3, -0.25) is 4.79 Å². The largest absolute Gasteiger partial charge is 0.481 e. The van der Waals surface area contributed by atoms with Crippen LogP contribution >= 0.6 is 0 Å². The summed E-state index contributed by atoms with van der Waals surface area (Å²) in [5.41, 5.74) is 1.15. The van der Waals surface area contributed by atoms with Crippen LogP contribution in [0.2, 0.25) is 0 Å². The van der Waals surface area contributed by atoms with E-state index in [1.54, 1.807) is 18.2 Å². The molecule has 1 aliphatic rings. The maximum absolute atomic E-state index is 11.5. The Morgan fingerprint density at radius 3 is 2.78 bits per heavy atom. The zero-order valence-corrected chi connectivity index (χ0v) is 10.1. The van der Waals surface area contributed by atoms with Gasteiger partial charge in [-0.25, -0.2) is 4.79 Å². The number of esters is 1. The van der Waals surface area contributed by atoms with E-state index in [0.717, 1.165) is 0 Å². The molecule has 5 nitrogen and oxygen atoms in total. The number of aliphatic carboxylic acids is 1. The van der Waals surface area contributed by atoms with Gasteiger partial charge in [-0.1, -0.05) is 12.1 Å². The molecule has 2 rings (SSSR count). The van der Waals surface area contributed by atoms with E-state index in [-0.39, 0.29) is 11.8 Å². The fourth-order valence-corrected chi connectivity index (χ4v) is 1.94. The number of benzene rings is 1. The van der Waals surface area contributed by atoms with Gasteiger partial charge in [0.1, 0.15) is 0 Å². The predicted molar refractivity (Wildman–Crippen MR) is 65.5 cm³/mol. The summed E-state index contributed by atoms with van der Waals surface area (Å²) >= 11 is 0. The van der Waals surface area contributed by atoms with Crippen LogP contribution in [-0.2, 0) is 9.53 Å². The Morgan fingerprint density at radius 1 is 1.44 bits per heavy atom. The zero-order chi connectivity index (χ0) is 13.1. The summed E-state index contributed by atoms with van der Waals surface area (Å²) in [5, 5.41) is 11.9. The number of carboxylic acid groups (broad SMARTS) is 1. The minimum Gasteiger partial charge on any atom is -0.481 e. The molecule has 1 aliphatic carbocycles. The van der Waals surface area contributed by atoms with Crippen LogP contribution in [0.1, 0.15) is 16.8 Å². The monoisotopic (exact) mass is 249 g/mol. The number of rotatable bonds is 5. The summed E-state index contributed by atoms with van der Waals surface area (Å²) in [6, 6.07) is 7.03. The highest BCUT2D eigenvalue weighted by molar-refractivity contribution is 5.95. The van der Waals surface area contributed by atoms with Crippen LogP contribution in [0, 0.1) is 11.8 Å².